The second-order valence-electron chi connectivity index (χ2n) is 6.52. The third-order valence-corrected chi connectivity index (χ3v) is 4.73. The molecule has 2 heterocycles. The molecule has 0 bridgehead atoms. The maximum Gasteiger partial charge on any atom is 0.239 e. The maximum absolute atomic E-state index is 12.3. The first-order chi connectivity index (χ1) is 11.0. The number of benzene rings is 1. The molecule has 0 spiro atoms. The normalized spacial score (nSPS) is 15.7. The summed E-state index contributed by atoms with van der Waals surface area (Å²) in [5.74, 6) is 0.885. The zero-order chi connectivity index (χ0) is 16.6. The van der Waals surface area contributed by atoms with E-state index in [1.807, 2.05) is 23.9 Å². The maximum atomic E-state index is 12.3. The Balaban J connectivity index is 1.92. The number of anilines is 1. The SMILES string of the molecule is CC(C)c1ccc(Cl)c2c(NC(=O)CN3CCCC3)nn(C)c12. The van der Waals surface area contributed by atoms with Gasteiger partial charge in [-0.2, -0.15) is 5.10 Å². The Morgan fingerprint density at radius 1 is 1.35 bits per heavy atom. The average molecular weight is 335 g/mol. The molecule has 1 N–H and O–H groups in total. The standard InChI is InChI=1S/C17H23ClN4O/c1-11(2)12-6-7-13(18)15-16(12)21(3)20-17(15)19-14(23)10-22-8-4-5-9-22/h6-7,11H,4-5,8-10H2,1-3H3,(H,19,20,23). The van der Waals surface area contributed by atoms with Crippen molar-refractivity contribution in [3.8, 4) is 0 Å². The number of aryl methyl sites for hydroxylation is 1. The van der Waals surface area contributed by atoms with Gasteiger partial charge in [0, 0.05) is 7.05 Å². The van der Waals surface area contributed by atoms with Crippen molar-refractivity contribution < 1.29 is 4.79 Å². The molecule has 1 amide bonds. The summed E-state index contributed by atoms with van der Waals surface area (Å²) in [5, 5.41) is 8.88. The summed E-state index contributed by atoms with van der Waals surface area (Å²) in [5.41, 5.74) is 2.17. The van der Waals surface area contributed by atoms with Gasteiger partial charge in [-0.3, -0.25) is 14.4 Å². The van der Waals surface area contributed by atoms with Gasteiger partial charge in [-0.05, 0) is 43.5 Å². The van der Waals surface area contributed by atoms with Crippen molar-refractivity contribution in [1.82, 2.24) is 14.7 Å². The second kappa shape index (κ2) is 6.49. The first kappa shape index (κ1) is 16.3. The van der Waals surface area contributed by atoms with Crippen LogP contribution in [-0.4, -0.2) is 40.2 Å². The monoisotopic (exact) mass is 334 g/mol. The van der Waals surface area contributed by atoms with E-state index in [0.29, 0.717) is 23.3 Å². The van der Waals surface area contributed by atoms with E-state index < -0.39 is 0 Å². The summed E-state index contributed by atoms with van der Waals surface area (Å²) < 4.78 is 1.81. The van der Waals surface area contributed by atoms with E-state index in [1.165, 1.54) is 18.4 Å². The quantitative estimate of drug-likeness (QED) is 0.932. The van der Waals surface area contributed by atoms with E-state index in [9.17, 15) is 4.79 Å². The second-order valence-corrected chi connectivity index (χ2v) is 6.93. The number of amides is 1. The van der Waals surface area contributed by atoms with Gasteiger partial charge in [0.05, 0.1) is 22.5 Å². The molecule has 0 radical (unpaired) electrons. The Bertz CT molecular complexity index is 732. The van der Waals surface area contributed by atoms with Gasteiger partial charge in [0.1, 0.15) is 0 Å². The molecule has 0 aliphatic carbocycles. The van der Waals surface area contributed by atoms with Crippen LogP contribution in [0.4, 0.5) is 5.82 Å². The molecule has 1 aromatic carbocycles. The molecule has 1 saturated heterocycles. The smallest absolute Gasteiger partial charge is 0.239 e. The van der Waals surface area contributed by atoms with E-state index in [2.05, 4.69) is 29.2 Å². The van der Waals surface area contributed by atoms with Gasteiger partial charge >= 0.3 is 0 Å². The van der Waals surface area contributed by atoms with Crippen LogP contribution in [0.15, 0.2) is 12.1 Å². The number of nitrogens with one attached hydrogen (secondary N) is 1. The Morgan fingerprint density at radius 3 is 2.70 bits per heavy atom. The molecule has 0 unspecified atom stereocenters. The summed E-state index contributed by atoms with van der Waals surface area (Å²) in [6, 6.07) is 3.92. The molecule has 1 aliphatic heterocycles. The van der Waals surface area contributed by atoms with E-state index in [-0.39, 0.29) is 5.91 Å². The predicted molar refractivity (Wildman–Crippen MR) is 94.1 cm³/mol. The zero-order valence-corrected chi connectivity index (χ0v) is 14.7. The molecular weight excluding hydrogens is 312 g/mol. The van der Waals surface area contributed by atoms with Gasteiger partial charge in [0.15, 0.2) is 5.82 Å². The lowest BCUT2D eigenvalue weighted by atomic mass is 10.0. The molecule has 1 aliphatic rings. The van der Waals surface area contributed by atoms with Crippen molar-refractivity contribution in [1.29, 1.82) is 0 Å². The molecule has 0 saturated carbocycles. The van der Waals surface area contributed by atoms with Gasteiger partial charge in [-0.15, -0.1) is 0 Å². The zero-order valence-electron chi connectivity index (χ0n) is 13.9. The van der Waals surface area contributed by atoms with Crippen molar-refractivity contribution in [2.75, 3.05) is 25.0 Å². The minimum atomic E-state index is -0.0297. The van der Waals surface area contributed by atoms with E-state index in [1.54, 1.807) is 0 Å². The van der Waals surface area contributed by atoms with Gasteiger partial charge in [-0.1, -0.05) is 31.5 Å². The highest BCUT2D eigenvalue weighted by atomic mass is 35.5. The summed E-state index contributed by atoms with van der Waals surface area (Å²) in [4.78, 5) is 14.5. The van der Waals surface area contributed by atoms with Gasteiger partial charge in [0.2, 0.25) is 5.91 Å². The summed E-state index contributed by atoms with van der Waals surface area (Å²) in [6.45, 7) is 6.69. The van der Waals surface area contributed by atoms with Crippen LogP contribution in [-0.2, 0) is 11.8 Å². The minimum Gasteiger partial charge on any atom is -0.308 e. The Morgan fingerprint density at radius 2 is 2.04 bits per heavy atom. The highest BCUT2D eigenvalue weighted by Crippen LogP contribution is 2.35. The highest BCUT2D eigenvalue weighted by molar-refractivity contribution is 6.36. The molecule has 6 heteroatoms. The first-order valence-electron chi connectivity index (χ1n) is 8.14. The van der Waals surface area contributed by atoms with Crippen LogP contribution >= 0.6 is 11.6 Å². The van der Waals surface area contributed by atoms with Crippen LogP contribution in [0.1, 0.15) is 38.2 Å². The third-order valence-electron chi connectivity index (χ3n) is 4.41. The molecule has 5 nitrogen and oxygen atoms in total. The van der Waals surface area contributed by atoms with E-state index in [4.69, 9.17) is 11.6 Å². The number of hydrogen-bond acceptors (Lipinski definition) is 3. The molecule has 3 rings (SSSR count). The van der Waals surface area contributed by atoms with Crippen molar-refractivity contribution in [2.45, 2.75) is 32.6 Å². The predicted octanol–water partition coefficient (Wildman–Crippen LogP) is 3.38. The Labute approximate surface area is 141 Å². The number of carbonyl (C=O) groups is 1. The average Bonchev–Trinajstić information content (AvgIpc) is 3.08. The summed E-state index contributed by atoms with van der Waals surface area (Å²) in [6.07, 6.45) is 2.34. The number of halogens is 1. The first-order valence-corrected chi connectivity index (χ1v) is 8.52. The van der Waals surface area contributed by atoms with E-state index in [0.717, 1.165) is 24.0 Å². The highest BCUT2D eigenvalue weighted by Gasteiger charge is 2.20. The molecule has 0 atom stereocenters. The van der Waals surface area contributed by atoms with Gasteiger partial charge < -0.3 is 5.32 Å². The number of rotatable bonds is 4. The number of carbonyl (C=O) groups excluding carboxylic acids is 1. The fraction of sp³-hybridized carbons (Fsp3) is 0.529. The molecule has 1 fully saturated rings. The number of hydrogen-bond donors (Lipinski definition) is 1. The summed E-state index contributed by atoms with van der Waals surface area (Å²) in [7, 11) is 1.89. The molecule has 2 aromatic rings. The van der Waals surface area contributed by atoms with Gasteiger partial charge in [0.25, 0.3) is 0 Å². The topological polar surface area (TPSA) is 50.2 Å². The number of fused-ring (bicyclic) bond motifs is 1. The van der Waals surface area contributed by atoms with Crippen molar-refractivity contribution in [2.24, 2.45) is 7.05 Å². The van der Waals surface area contributed by atoms with Crippen molar-refractivity contribution in [3.63, 3.8) is 0 Å². The van der Waals surface area contributed by atoms with Crippen LogP contribution in [0.3, 0.4) is 0 Å². The van der Waals surface area contributed by atoms with Crippen molar-refractivity contribution in [3.05, 3.63) is 22.7 Å². The van der Waals surface area contributed by atoms with Crippen LogP contribution in [0.25, 0.3) is 10.9 Å². The lowest BCUT2D eigenvalue weighted by Gasteiger charge is -2.13. The largest absolute Gasteiger partial charge is 0.308 e. The lowest BCUT2D eigenvalue weighted by molar-refractivity contribution is -0.117. The number of aromatic nitrogens is 2. The number of nitrogens with zero attached hydrogens (tertiary/aromatic N) is 3. The van der Waals surface area contributed by atoms with Crippen LogP contribution in [0.5, 0.6) is 0 Å². The van der Waals surface area contributed by atoms with Crippen molar-refractivity contribution >= 4 is 34.2 Å². The Kier molecular flexibility index (Phi) is 4.60. The summed E-state index contributed by atoms with van der Waals surface area (Å²) >= 11 is 6.39. The van der Waals surface area contributed by atoms with Crippen LogP contribution < -0.4 is 5.32 Å². The number of likely N-dealkylation sites (tertiary alicyclic amines) is 1. The van der Waals surface area contributed by atoms with Crippen LogP contribution in [0.2, 0.25) is 5.02 Å². The molecule has 23 heavy (non-hydrogen) atoms. The van der Waals surface area contributed by atoms with Crippen LogP contribution in [0, 0.1) is 0 Å². The third kappa shape index (κ3) is 3.21. The van der Waals surface area contributed by atoms with Gasteiger partial charge in [-0.25, -0.2) is 0 Å². The fourth-order valence-corrected chi connectivity index (χ4v) is 3.52. The Hall–Kier alpha value is -1.59. The van der Waals surface area contributed by atoms with E-state index >= 15 is 0 Å². The fourth-order valence-electron chi connectivity index (χ4n) is 3.28. The molecular formula is C17H23ClN4O. The molecule has 1 aromatic heterocycles. The lowest BCUT2D eigenvalue weighted by Crippen LogP contribution is -2.31. The minimum absolute atomic E-state index is 0.0297. The molecule has 124 valence electrons.